The molecule has 0 aliphatic heterocycles. The minimum atomic E-state index is -0.260. The number of benzene rings is 1. The molecule has 0 unspecified atom stereocenters. The van der Waals surface area contributed by atoms with E-state index in [1.165, 1.54) is 0 Å². The Bertz CT molecular complexity index is 506. The first-order chi connectivity index (χ1) is 9.13. The minimum absolute atomic E-state index is 0.260. The third kappa shape index (κ3) is 3.81. The van der Waals surface area contributed by atoms with E-state index in [1.807, 2.05) is 13.0 Å². The predicted octanol–water partition coefficient (Wildman–Crippen LogP) is 2.58. The average molecular weight is 259 g/mol. The van der Waals surface area contributed by atoms with Crippen LogP contribution in [0.5, 0.6) is 0 Å². The number of hydrogen-bond acceptors (Lipinski definition) is 3. The van der Waals surface area contributed by atoms with Crippen LogP contribution in [0.1, 0.15) is 29.3 Å². The van der Waals surface area contributed by atoms with Gasteiger partial charge in [0.25, 0.3) is 0 Å². The molecular formula is C14H17N3O2. The summed E-state index contributed by atoms with van der Waals surface area (Å²) in [7, 11) is 0. The van der Waals surface area contributed by atoms with Crippen molar-refractivity contribution in [2.24, 2.45) is 0 Å². The van der Waals surface area contributed by atoms with E-state index in [0.29, 0.717) is 30.8 Å². The molecule has 1 aromatic rings. The monoisotopic (exact) mass is 259 g/mol. The molecule has 5 heteroatoms. The van der Waals surface area contributed by atoms with Crippen LogP contribution in [0.15, 0.2) is 18.2 Å². The molecule has 0 aliphatic carbocycles. The van der Waals surface area contributed by atoms with Crippen molar-refractivity contribution in [2.45, 2.75) is 20.3 Å². The average Bonchev–Trinajstić information content (AvgIpc) is 2.42. The van der Waals surface area contributed by atoms with Crippen molar-refractivity contribution in [3.8, 4) is 6.07 Å². The van der Waals surface area contributed by atoms with Crippen molar-refractivity contribution >= 4 is 18.0 Å². The number of nitrogens with one attached hydrogen (secondary N) is 1. The Hall–Kier alpha value is -2.35. The number of anilines is 1. The number of hydrogen-bond donors (Lipinski definition) is 1. The van der Waals surface area contributed by atoms with E-state index in [0.717, 1.165) is 11.8 Å². The number of amides is 2. The number of nitrogens with zero attached hydrogens (tertiary/aromatic N) is 2. The molecule has 0 bridgehead atoms. The Morgan fingerprint density at radius 3 is 2.84 bits per heavy atom. The van der Waals surface area contributed by atoms with E-state index >= 15 is 0 Å². The van der Waals surface area contributed by atoms with Crippen molar-refractivity contribution in [2.75, 3.05) is 18.4 Å². The highest BCUT2D eigenvalue weighted by Crippen LogP contribution is 2.18. The van der Waals surface area contributed by atoms with E-state index in [2.05, 4.69) is 5.32 Å². The summed E-state index contributed by atoms with van der Waals surface area (Å²) in [6.45, 7) is 4.56. The van der Waals surface area contributed by atoms with Crippen LogP contribution in [-0.2, 0) is 0 Å². The molecule has 0 aromatic heterocycles. The zero-order chi connectivity index (χ0) is 14.3. The quantitative estimate of drug-likeness (QED) is 0.826. The Morgan fingerprint density at radius 1 is 1.53 bits per heavy atom. The second-order valence-corrected chi connectivity index (χ2v) is 4.06. The van der Waals surface area contributed by atoms with Gasteiger partial charge in [0.05, 0.1) is 12.5 Å². The van der Waals surface area contributed by atoms with Crippen molar-refractivity contribution < 1.29 is 9.59 Å². The van der Waals surface area contributed by atoms with Crippen molar-refractivity contribution in [1.82, 2.24) is 4.90 Å². The Morgan fingerprint density at radius 2 is 2.26 bits per heavy atom. The highest BCUT2D eigenvalue weighted by Gasteiger charge is 2.13. The van der Waals surface area contributed by atoms with Gasteiger partial charge in [-0.25, -0.2) is 4.79 Å². The molecule has 1 aromatic carbocycles. The molecule has 0 radical (unpaired) electrons. The van der Waals surface area contributed by atoms with Crippen LogP contribution in [0.2, 0.25) is 0 Å². The molecule has 0 atom stereocenters. The van der Waals surface area contributed by atoms with E-state index in [-0.39, 0.29) is 6.03 Å². The van der Waals surface area contributed by atoms with Gasteiger partial charge in [-0.1, -0.05) is 12.1 Å². The lowest BCUT2D eigenvalue weighted by Crippen LogP contribution is -2.35. The predicted molar refractivity (Wildman–Crippen MR) is 73.1 cm³/mol. The normalized spacial score (nSPS) is 9.53. The van der Waals surface area contributed by atoms with Crippen LogP contribution in [0, 0.1) is 18.3 Å². The lowest BCUT2D eigenvalue weighted by atomic mass is 10.1. The second kappa shape index (κ2) is 7.17. The van der Waals surface area contributed by atoms with E-state index < -0.39 is 0 Å². The lowest BCUT2D eigenvalue weighted by Gasteiger charge is -2.21. The molecule has 2 amide bonds. The van der Waals surface area contributed by atoms with Crippen LogP contribution in [-0.4, -0.2) is 30.3 Å². The zero-order valence-corrected chi connectivity index (χ0v) is 11.1. The first kappa shape index (κ1) is 14.7. The summed E-state index contributed by atoms with van der Waals surface area (Å²) < 4.78 is 0. The van der Waals surface area contributed by atoms with Gasteiger partial charge in [-0.2, -0.15) is 5.26 Å². The highest BCUT2D eigenvalue weighted by molar-refractivity contribution is 5.92. The summed E-state index contributed by atoms with van der Waals surface area (Å²) in [6.07, 6.45) is 1.06. The molecular weight excluding hydrogens is 242 g/mol. The Kier molecular flexibility index (Phi) is 5.55. The first-order valence-electron chi connectivity index (χ1n) is 6.11. The van der Waals surface area contributed by atoms with Gasteiger partial charge < -0.3 is 10.2 Å². The molecule has 0 spiro atoms. The number of aldehydes is 1. The van der Waals surface area contributed by atoms with Gasteiger partial charge in [0.2, 0.25) is 0 Å². The number of nitriles is 1. The maximum absolute atomic E-state index is 12.0. The van der Waals surface area contributed by atoms with Crippen LogP contribution in [0.3, 0.4) is 0 Å². The van der Waals surface area contributed by atoms with Gasteiger partial charge in [-0.15, -0.1) is 0 Å². The summed E-state index contributed by atoms with van der Waals surface area (Å²) in [5.41, 5.74) is 1.91. The zero-order valence-electron chi connectivity index (χ0n) is 11.1. The molecule has 0 aliphatic rings. The van der Waals surface area contributed by atoms with Crippen LogP contribution in [0.4, 0.5) is 10.5 Å². The Balaban J connectivity index is 2.81. The van der Waals surface area contributed by atoms with Crippen molar-refractivity contribution in [3.05, 3.63) is 29.3 Å². The molecule has 0 saturated heterocycles. The fraction of sp³-hybridized carbons (Fsp3) is 0.357. The van der Waals surface area contributed by atoms with E-state index in [4.69, 9.17) is 5.26 Å². The SMILES string of the molecule is CCN(CCC#N)C(=O)Nc1cccc(C=O)c1C. The summed E-state index contributed by atoms with van der Waals surface area (Å²) in [5.74, 6) is 0. The lowest BCUT2D eigenvalue weighted by molar-refractivity contribution is 0.112. The summed E-state index contributed by atoms with van der Waals surface area (Å²) in [5, 5.41) is 11.3. The standard InChI is InChI=1S/C14H17N3O2/c1-3-17(9-5-8-15)14(19)16-13-7-4-6-12(10-18)11(13)2/h4,6-7,10H,3,5,9H2,1-2H3,(H,16,19). The molecule has 0 saturated carbocycles. The third-order valence-electron chi connectivity index (χ3n) is 2.91. The van der Waals surface area contributed by atoms with Gasteiger partial charge >= 0.3 is 6.03 Å². The number of urea groups is 1. The Labute approximate surface area is 112 Å². The molecule has 100 valence electrons. The fourth-order valence-corrected chi connectivity index (χ4v) is 1.70. The number of carbonyl (C=O) groups is 2. The van der Waals surface area contributed by atoms with Crippen molar-refractivity contribution in [1.29, 1.82) is 5.26 Å². The molecule has 0 heterocycles. The number of rotatable bonds is 5. The van der Waals surface area contributed by atoms with Gasteiger partial charge in [-0.3, -0.25) is 4.79 Å². The maximum atomic E-state index is 12.0. The molecule has 19 heavy (non-hydrogen) atoms. The topological polar surface area (TPSA) is 73.2 Å². The second-order valence-electron chi connectivity index (χ2n) is 4.06. The van der Waals surface area contributed by atoms with Gasteiger partial charge in [-0.05, 0) is 25.5 Å². The van der Waals surface area contributed by atoms with Crippen LogP contribution in [0.25, 0.3) is 0 Å². The van der Waals surface area contributed by atoms with Gasteiger partial charge in [0.15, 0.2) is 0 Å². The van der Waals surface area contributed by atoms with Gasteiger partial charge in [0, 0.05) is 24.3 Å². The van der Waals surface area contributed by atoms with E-state index in [1.54, 1.807) is 30.0 Å². The highest BCUT2D eigenvalue weighted by atomic mass is 16.2. The molecule has 1 rings (SSSR count). The third-order valence-corrected chi connectivity index (χ3v) is 2.91. The maximum Gasteiger partial charge on any atom is 0.321 e. The van der Waals surface area contributed by atoms with Crippen molar-refractivity contribution in [3.63, 3.8) is 0 Å². The summed E-state index contributed by atoms with van der Waals surface area (Å²) in [6, 6.07) is 6.92. The number of carbonyl (C=O) groups excluding carboxylic acids is 2. The molecule has 1 N–H and O–H groups in total. The fourth-order valence-electron chi connectivity index (χ4n) is 1.70. The summed E-state index contributed by atoms with van der Waals surface area (Å²) >= 11 is 0. The largest absolute Gasteiger partial charge is 0.324 e. The molecule has 5 nitrogen and oxygen atoms in total. The van der Waals surface area contributed by atoms with Crippen LogP contribution < -0.4 is 5.32 Å². The summed E-state index contributed by atoms with van der Waals surface area (Å²) in [4.78, 5) is 24.4. The smallest absolute Gasteiger partial charge is 0.321 e. The minimum Gasteiger partial charge on any atom is -0.324 e. The van der Waals surface area contributed by atoms with Crippen LogP contribution >= 0.6 is 0 Å². The van der Waals surface area contributed by atoms with E-state index in [9.17, 15) is 9.59 Å². The molecule has 0 fully saturated rings. The van der Waals surface area contributed by atoms with Gasteiger partial charge in [0.1, 0.15) is 6.29 Å². The first-order valence-corrected chi connectivity index (χ1v) is 6.11.